The first-order valence-electron chi connectivity index (χ1n) is 6.64. The standard InChI is InChI=1S/C13H6Cl10O/c14-7-4-8(7,15)12(20,21)13(22,23)11(19)6(7)5-2-1-3-9(16,17)10(5,18)24-11/h1-2H,3-4H2. The summed E-state index contributed by atoms with van der Waals surface area (Å²) in [5, 5.41) is -3.72. The summed E-state index contributed by atoms with van der Waals surface area (Å²) in [5.41, 5.74) is 0.648. The smallest absolute Gasteiger partial charge is 0.204 e. The molecular weight excluding hydrogens is 527 g/mol. The Labute approximate surface area is 188 Å². The largest absolute Gasteiger partial charge is 0.323 e. The Kier molecular flexibility index (Phi) is 4.01. The van der Waals surface area contributed by atoms with Crippen LogP contribution in [-0.2, 0) is 4.74 Å². The Morgan fingerprint density at radius 2 is 1.38 bits per heavy atom. The van der Waals surface area contributed by atoms with E-state index >= 15 is 0 Å². The zero-order valence-corrected chi connectivity index (χ0v) is 18.8. The molecule has 134 valence electrons. The molecule has 0 amide bonds. The molecule has 1 heterocycles. The zero-order valence-electron chi connectivity index (χ0n) is 11.3. The van der Waals surface area contributed by atoms with E-state index in [9.17, 15) is 0 Å². The molecule has 4 unspecified atom stereocenters. The van der Waals surface area contributed by atoms with E-state index in [4.69, 9.17) is 121 Å². The van der Waals surface area contributed by atoms with Crippen molar-refractivity contribution in [2.75, 3.05) is 0 Å². The molecule has 0 radical (unpaired) electrons. The Hall–Kier alpha value is 2.34. The lowest BCUT2D eigenvalue weighted by Crippen LogP contribution is -2.66. The number of hydrogen-bond acceptors (Lipinski definition) is 1. The van der Waals surface area contributed by atoms with Gasteiger partial charge in [0, 0.05) is 17.6 Å². The zero-order chi connectivity index (χ0) is 18.2. The van der Waals surface area contributed by atoms with Crippen molar-refractivity contribution in [3.05, 3.63) is 23.3 Å². The minimum atomic E-state index is -2.10. The average Bonchev–Trinajstić information content (AvgIpc) is 2.87. The predicted molar refractivity (Wildman–Crippen MR) is 104 cm³/mol. The van der Waals surface area contributed by atoms with Crippen molar-refractivity contribution in [3.8, 4) is 0 Å². The maximum Gasteiger partial charge on any atom is 0.204 e. The van der Waals surface area contributed by atoms with Crippen LogP contribution in [-0.4, -0.2) is 32.9 Å². The fourth-order valence-electron chi connectivity index (χ4n) is 3.63. The number of hydrogen-bond donors (Lipinski definition) is 0. The molecule has 2 fully saturated rings. The summed E-state index contributed by atoms with van der Waals surface area (Å²) in [7, 11) is 0. The summed E-state index contributed by atoms with van der Waals surface area (Å²) >= 11 is 65.3. The molecule has 4 atom stereocenters. The summed E-state index contributed by atoms with van der Waals surface area (Å²) in [4.78, 5) is -2.63. The van der Waals surface area contributed by atoms with Crippen molar-refractivity contribution in [1.29, 1.82) is 0 Å². The second-order valence-electron chi connectivity index (χ2n) is 6.32. The topological polar surface area (TPSA) is 9.23 Å². The van der Waals surface area contributed by atoms with E-state index < -0.39 is 32.9 Å². The van der Waals surface area contributed by atoms with Crippen LogP contribution < -0.4 is 0 Å². The summed E-state index contributed by atoms with van der Waals surface area (Å²) in [5.74, 6) is 0. The van der Waals surface area contributed by atoms with Crippen molar-refractivity contribution >= 4 is 116 Å². The second kappa shape index (κ2) is 4.90. The molecule has 24 heavy (non-hydrogen) atoms. The number of allylic oxidation sites excluding steroid dienone is 1. The highest BCUT2D eigenvalue weighted by molar-refractivity contribution is 6.70. The van der Waals surface area contributed by atoms with Gasteiger partial charge in [-0.3, -0.25) is 0 Å². The summed E-state index contributed by atoms with van der Waals surface area (Å²) in [6.45, 7) is 0. The molecule has 0 spiro atoms. The molecule has 0 N–H and O–H groups in total. The molecule has 0 aromatic carbocycles. The van der Waals surface area contributed by atoms with Gasteiger partial charge in [0.2, 0.25) is 10.1 Å². The molecule has 1 nitrogen and oxygen atoms in total. The number of alkyl halides is 10. The molecule has 1 aliphatic heterocycles. The number of halogens is 10. The molecule has 2 saturated carbocycles. The van der Waals surface area contributed by atoms with Gasteiger partial charge in [-0.25, -0.2) is 0 Å². The summed E-state index contributed by atoms with van der Waals surface area (Å²) in [6, 6.07) is 0. The molecule has 0 aromatic rings. The van der Waals surface area contributed by atoms with Crippen LogP contribution in [0.1, 0.15) is 12.8 Å². The van der Waals surface area contributed by atoms with Crippen LogP contribution in [0.3, 0.4) is 0 Å². The van der Waals surface area contributed by atoms with Crippen molar-refractivity contribution in [1.82, 2.24) is 0 Å². The van der Waals surface area contributed by atoms with E-state index in [-0.39, 0.29) is 18.4 Å². The van der Waals surface area contributed by atoms with Crippen LogP contribution >= 0.6 is 116 Å². The fourth-order valence-corrected chi connectivity index (χ4v) is 7.73. The molecule has 0 aromatic heterocycles. The van der Waals surface area contributed by atoms with Crippen LogP contribution in [0.25, 0.3) is 0 Å². The van der Waals surface area contributed by atoms with Crippen LogP contribution in [0.2, 0.25) is 0 Å². The lowest BCUT2D eigenvalue weighted by atomic mass is 9.84. The van der Waals surface area contributed by atoms with Crippen molar-refractivity contribution in [3.63, 3.8) is 0 Å². The first-order chi connectivity index (χ1) is 10.6. The fraction of sp³-hybridized carbons (Fsp3) is 0.692. The molecule has 11 heteroatoms. The molecule has 4 rings (SSSR count). The molecule has 0 saturated heterocycles. The van der Waals surface area contributed by atoms with Gasteiger partial charge in [-0.2, -0.15) is 0 Å². The monoisotopic (exact) mass is 528 g/mol. The molecule has 4 aliphatic rings. The van der Waals surface area contributed by atoms with Gasteiger partial charge < -0.3 is 4.74 Å². The van der Waals surface area contributed by atoms with Gasteiger partial charge in [-0.05, 0) is 6.42 Å². The summed E-state index contributed by atoms with van der Waals surface area (Å²) in [6.07, 6.45) is 3.76. The van der Waals surface area contributed by atoms with Gasteiger partial charge in [0.05, 0.1) is 4.87 Å². The molecular formula is C13H6Cl10O. The van der Waals surface area contributed by atoms with Gasteiger partial charge >= 0.3 is 0 Å². The molecule has 0 bridgehead atoms. The van der Waals surface area contributed by atoms with Crippen molar-refractivity contribution in [2.45, 2.75) is 45.7 Å². The Morgan fingerprint density at radius 3 is 1.96 bits per heavy atom. The Bertz CT molecular complexity index is 728. The van der Waals surface area contributed by atoms with Gasteiger partial charge in [-0.15, -0.1) is 23.2 Å². The highest BCUT2D eigenvalue weighted by atomic mass is 35.5. The van der Waals surface area contributed by atoms with Gasteiger partial charge in [0.1, 0.15) is 4.87 Å². The normalized spacial score (nSPS) is 52.6. The van der Waals surface area contributed by atoms with E-state index in [1.165, 1.54) is 0 Å². The quantitative estimate of drug-likeness (QED) is 0.304. The lowest BCUT2D eigenvalue weighted by Gasteiger charge is -2.51. The minimum absolute atomic E-state index is 0.159. The number of fused-ring (bicyclic) bond motifs is 4. The first kappa shape index (κ1) is 19.6. The van der Waals surface area contributed by atoms with E-state index in [0.717, 1.165) is 0 Å². The van der Waals surface area contributed by atoms with Gasteiger partial charge in [0.25, 0.3) is 0 Å². The SMILES string of the molecule is ClC1(Cl)CC=CC2=C3C4(Cl)CC4(Cl)C(Cl)(Cl)C(Cl)(Cl)C3(Cl)OC21Cl. The highest BCUT2D eigenvalue weighted by Crippen LogP contribution is 2.84. The third-order valence-corrected chi connectivity index (χ3v) is 11.8. The lowest BCUT2D eigenvalue weighted by molar-refractivity contribution is -0.0266. The van der Waals surface area contributed by atoms with Crippen LogP contribution in [0.15, 0.2) is 23.3 Å². The van der Waals surface area contributed by atoms with E-state index in [1.54, 1.807) is 12.2 Å². The van der Waals surface area contributed by atoms with E-state index in [2.05, 4.69) is 0 Å². The third kappa shape index (κ3) is 1.78. The van der Waals surface area contributed by atoms with Crippen molar-refractivity contribution < 1.29 is 4.74 Å². The maximum atomic E-state index is 6.75. The van der Waals surface area contributed by atoms with Crippen LogP contribution in [0.5, 0.6) is 0 Å². The van der Waals surface area contributed by atoms with Crippen LogP contribution in [0.4, 0.5) is 0 Å². The van der Waals surface area contributed by atoms with Crippen LogP contribution in [0, 0.1) is 0 Å². The maximum absolute atomic E-state index is 6.75. The second-order valence-corrected chi connectivity index (χ2v) is 12.8. The van der Waals surface area contributed by atoms with Gasteiger partial charge in [-0.1, -0.05) is 105 Å². The average molecular weight is 533 g/mol. The van der Waals surface area contributed by atoms with E-state index in [0.29, 0.717) is 5.57 Å². The number of ether oxygens (including phenoxy) is 1. The van der Waals surface area contributed by atoms with Crippen molar-refractivity contribution in [2.24, 2.45) is 0 Å². The summed E-state index contributed by atoms with van der Waals surface area (Å²) < 4.78 is 0.298. The van der Waals surface area contributed by atoms with E-state index in [1.807, 2.05) is 0 Å². The Morgan fingerprint density at radius 1 is 0.792 bits per heavy atom. The first-order valence-corrected chi connectivity index (χ1v) is 10.4. The Balaban J connectivity index is 2.07. The molecule has 3 aliphatic carbocycles. The highest BCUT2D eigenvalue weighted by Gasteiger charge is 2.93. The predicted octanol–water partition coefficient (Wildman–Crippen LogP) is 7.04. The number of rotatable bonds is 0. The third-order valence-electron chi connectivity index (χ3n) is 5.03. The van der Waals surface area contributed by atoms with Gasteiger partial charge in [0.15, 0.2) is 13.0 Å². The minimum Gasteiger partial charge on any atom is -0.323 e.